The zero-order chi connectivity index (χ0) is 22.6. The average Bonchev–Trinajstić information content (AvgIpc) is 3.44. The van der Waals surface area contributed by atoms with Crippen molar-refractivity contribution in [2.45, 2.75) is 87.0 Å². The van der Waals surface area contributed by atoms with E-state index in [4.69, 9.17) is 4.79 Å². The molecule has 0 unspecified atom stereocenters. The van der Waals surface area contributed by atoms with Gasteiger partial charge in [-0.25, -0.2) is 0 Å². The van der Waals surface area contributed by atoms with Crippen LogP contribution in [0.5, 0.6) is 0 Å². The fraction of sp³-hybridized carbons (Fsp3) is 0.593. The molecule has 0 amide bonds. The Hall–Kier alpha value is -1.67. The molecule has 0 saturated heterocycles. The summed E-state index contributed by atoms with van der Waals surface area (Å²) in [6, 6.07) is 2.37. The molecule has 0 aromatic heterocycles. The second-order valence-electron chi connectivity index (χ2n) is 9.01. The summed E-state index contributed by atoms with van der Waals surface area (Å²) in [5.41, 5.74) is 14.0. The standard InChI is InChI=1S/C18H22.C6H14.C2H4O.CH5N/c1-4-14-11-16-6-5-7-17(16)13(3)18(14)10-12(2)15-8-9-15;1-5-6(2,3)4;1-2-3;1-2/h4,10-11,15H,1,5-9H2,2-3H3;5H2,1-4H3;2H,1H3;2H2,1H3/b12-10+;;;. The van der Waals surface area contributed by atoms with Gasteiger partial charge in [0, 0.05) is 0 Å². The number of hydrogen-bond donors (Lipinski definition) is 1. The Morgan fingerprint density at radius 1 is 1.24 bits per heavy atom. The summed E-state index contributed by atoms with van der Waals surface area (Å²) < 4.78 is 0. The molecule has 164 valence electrons. The number of aryl methyl sites for hydroxylation is 1. The monoisotopic (exact) mass is 399 g/mol. The van der Waals surface area contributed by atoms with Gasteiger partial charge in [0.2, 0.25) is 0 Å². The van der Waals surface area contributed by atoms with E-state index in [0.717, 1.165) is 12.2 Å². The van der Waals surface area contributed by atoms with E-state index in [0.29, 0.717) is 5.41 Å². The molecule has 3 rings (SSSR count). The Bertz CT molecular complexity index is 673. The first-order valence-electron chi connectivity index (χ1n) is 11.1. The number of benzene rings is 1. The molecule has 0 bridgehead atoms. The van der Waals surface area contributed by atoms with Crippen molar-refractivity contribution >= 4 is 18.4 Å². The molecular weight excluding hydrogens is 354 g/mol. The van der Waals surface area contributed by atoms with Gasteiger partial charge in [0.05, 0.1) is 0 Å². The van der Waals surface area contributed by atoms with Crippen LogP contribution in [0.4, 0.5) is 0 Å². The number of rotatable bonds is 3. The summed E-state index contributed by atoms with van der Waals surface area (Å²) in [5, 5.41) is 0. The second-order valence-corrected chi connectivity index (χ2v) is 9.01. The van der Waals surface area contributed by atoms with Gasteiger partial charge in [-0.15, -0.1) is 0 Å². The molecule has 29 heavy (non-hydrogen) atoms. The lowest BCUT2D eigenvalue weighted by Gasteiger charge is -2.13. The Morgan fingerprint density at radius 3 is 2.17 bits per heavy atom. The van der Waals surface area contributed by atoms with Crippen LogP contribution in [-0.4, -0.2) is 13.3 Å². The number of carbonyl (C=O) groups is 1. The quantitative estimate of drug-likeness (QED) is 0.548. The van der Waals surface area contributed by atoms with Gasteiger partial charge in [-0.05, 0) is 99.1 Å². The van der Waals surface area contributed by atoms with Crippen molar-refractivity contribution in [2.24, 2.45) is 17.1 Å². The molecule has 0 atom stereocenters. The van der Waals surface area contributed by atoms with Crippen LogP contribution in [0, 0.1) is 18.3 Å². The molecule has 1 aromatic carbocycles. The highest BCUT2D eigenvalue weighted by molar-refractivity contribution is 5.71. The van der Waals surface area contributed by atoms with Crippen LogP contribution in [0.15, 0.2) is 18.2 Å². The first-order chi connectivity index (χ1) is 13.7. The molecule has 2 heteroatoms. The third-order valence-corrected chi connectivity index (χ3v) is 5.63. The first kappa shape index (κ1) is 27.3. The minimum atomic E-state index is 0.542. The molecule has 2 aliphatic carbocycles. The highest BCUT2D eigenvalue weighted by Gasteiger charge is 2.24. The minimum Gasteiger partial charge on any atom is -0.333 e. The molecule has 0 heterocycles. The largest absolute Gasteiger partial charge is 0.333 e. The lowest BCUT2D eigenvalue weighted by atomic mass is 9.92. The topological polar surface area (TPSA) is 43.1 Å². The molecule has 1 saturated carbocycles. The van der Waals surface area contributed by atoms with Gasteiger partial charge < -0.3 is 10.5 Å². The molecule has 0 radical (unpaired) electrons. The predicted molar refractivity (Wildman–Crippen MR) is 131 cm³/mol. The van der Waals surface area contributed by atoms with Crippen LogP contribution in [0.2, 0.25) is 0 Å². The van der Waals surface area contributed by atoms with E-state index in [-0.39, 0.29) is 0 Å². The van der Waals surface area contributed by atoms with Crippen molar-refractivity contribution in [1.29, 1.82) is 0 Å². The zero-order valence-corrected chi connectivity index (χ0v) is 20.3. The van der Waals surface area contributed by atoms with Crippen LogP contribution in [0.3, 0.4) is 0 Å². The van der Waals surface area contributed by atoms with Crippen LogP contribution >= 0.6 is 0 Å². The maximum absolute atomic E-state index is 8.81. The highest BCUT2D eigenvalue weighted by Crippen LogP contribution is 2.39. The normalized spacial score (nSPS) is 14.9. The number of nitrogens with two attached hydrogens (primary N) is 1. The van der Waals surface area contributed by atoms with Gasteiger partial charge in [0.15, 0.2) is 0 Å². The Balaban J connectivity index is 0.000000602. The summed E-state index contributed by atoms with van der Waals surface area (Å²) in [6.45, 7) is 19.0. The first-order valence-corrected chi connectivity index (χ1v) is 11.1. The Morgan fingerprint density at radius 2 is 1.76 bits per heavy atom. The lowest BCUT2D eigenvalue weighted by molar-refractivity contribution is -0.106. The third kappa shape index (κ3) is 9.58. The maximum atomic E-state index is 8.81. The number of hydrogen-bond acceptors (Lipinski definition) is 2. The van der Waals surface area contributed by atoms with E-state index in [9.17, 15) is 0 Å². The van der Waals surface area contributed by atoms with Crippen LogP contribution in [0.1, 0.15) is 95.0 Å². The molecule has 2 nitrogen and oxygen atoms in total. The fourth-order valence-electron chi connectivity index (χ4n) is 3.24. The highest BCUT2D eigenvalue weighted by atomic mass is 16.1. The number of fused-ring (bicyclic) bond motifs is 1. The Labute approximate surface area is 180 Å². The maximum Gasteiger partial charge on any atom is 0.116 e. The van der Waals surface area contributed by atoms with Gasteiger partial charge >= 0.3 is 0 Å². The second kappa shape index (κ2) is 13.5. The fourth-order valence-corrected chi connectivity index (χ4v) is 3.24. The third-order valence-electron chi connectivity index (χ3n) is 5.63. The van der Waals surface area contributed by atoms with Gasteiger partial charge in [-0.1, -0.05) is 64.5 Å². The van der Waals surface area contributed by atoms with Crippen LogP contribution < -0.4 is 5.73 Å². The number of carbonyl (C=O) groups excluding carboxylic acids is 1. The van der Waals surface area contributed by atoms with Gasteiger partial charge in [-0.3, -0.25) is 0 Å². The summed E-state index contributed by atoms with van der Waals surface area (Å²) in [6.07, 6.45) is 13.1. The van der Waals surface area contributed by atoms with Crippen molar-refractivity contribution in [2.75, 3.05) is 7.05 Å². The Kier molecular flexibility index (Phi) is 12.8. The van der Waals surface area contributed by atoms with Crippen molar-refractivity contribution in [3.8, 4) is 0 Å². The van der Waals surface area contributed by atoms with Gasteiger partial charge in [0.1, 0.15) is 6.29 Å². The SMILES string of the molecule is C=Cc1cc2c(c(C)c1/C=C(\C)C1CC1)CCC2.CC=O.CCC(C)(C)C.CN. The van der Waals surface area contributed by atoms with E-state index in [1.807, 2.05) is 6.08 Å². The molecule has 1 fully saturated rings. The molecule has 0 aliphatic heterocycles. The van der Waals surface area contributed by atoms with Crippen molar-refractivity contribution in [1.82, 2.24) is 0 Å². The lowest BCUT2D eigenvalue weighted by Crippen LogP contribution is -2.00. The summed E-state index contributed by atoms with van der Waals surface area (Å²) in [7, 11) is 1.50. The summed E-state index contributed by atoms with van der Waals surface area (Å²) in [5.74, 6) is 0.857. The summed E-state index contributed by atoms with van der Waals surface area (Å²) in [4.78, 5) is 8.81. The molecule has 1 aromatic rings. The predicted octanol–water partition coefficient (Wildman–Crippen LogP) is 7.16. The van der Waals surface area contributed by atoms with Gasteiger partial charge in [0.25, 0.3) is 0 Å². The average molecular weight is 400 g/mol. The summed E-state index contributed by atoms with van der Waals surface area (Å²) >= 11 is 0. The van der Waals surface area contributed by atoms with E-state index < -0.39 is 0 Å². The van der Waals surface area contributed by atoms with E-state index >= 15 is 0 Å². The van der Waals surface area contributed by atoms with E-state index in [2.05, 4.69) is 66.0 Å². The van der Waals surface area contributed by atoms with Crippen molar-refractivity contribution < 1.29 is 4.79 Å². The zero-order valence-electron chi connectivity index (χ0n) is 20.3. The molecule has 2 N–H and O–H groups in total. The van der Waals surface area contributed by atoms with Crippen LogP contribution in [0.25, 0.3) is 12.2 Å². The van der Waals surface area contributed by atoms with Crippen molar-refractivity contribution in [3.05, 3.63) is 46.0 Å². The number of aldehydes is 1. The molecular formula is C27H45NO. The number of allylic oxidation sites excluding steroid dienone is 1. The van der Waals surface area contributed by atoms with Crippen LogP contribution in [-0.2, 0) is 17.6 Å². The van der Waals surface area contributed by atoms with E-state index in [1.165, 1.54) is 69.2 Å². The molecule has 0 spiro atoms. The minimum absolute atomic E-state index is 0.542. The smallest absolute Gasteiger partial charge is 0.116 e. The molecule has 2 aliphatic rings. The van der Waals surface area contributed by atoms with Gasteiger partial charge in [-0.2, -0.15) is 0 Å². The van der Waals surface area contributed by atoms with E-state index in [1.54, 1.807) is 16.7 Å². The van der Waals surface area contributed by atoms with Crippen molar-refractivity contribution in [3.63, 3.8) is 0 Å².